The molecule has 2 rings (SSSR count). The molecule has 7 nitrogen and oxygen atoms in total. The van der Waals surface area contributed by atoms with Gasteiger partial charge in [-0.1, -0.05) is 18.2 Å². The summed E-state index contributed by atoms with van der Waals surface area (Å²) >= 11 is 0. The zero-order chi connectivity index (χ0) is 21.2. The number of esters is 1. The van der Waals surface area contributed by atoms with Crippen molar-refractivity contribution in [2.24, 2.45) is 0 Å². The molecule has 0 aromatic heterocycles. The molecule has 0 fully saturated rings. The van der Waals surface area contributed by atoms with Crippen molar-refractivity contribution in [3.05, 3.63) is 48.0 Å². The number of rotatable bonds is 10. The molecule has 0 aliphatic heterocycles. The zero-order valence-electron chi connectivity index (χ0n) is 17.3. The fourth-order valence-electron chi connectivity index (χ4n) is 2.93. The van der Waals surface area contributed by atoms with Crippen molar-refractivity contribution < 1.29 is 28.5 Å². The summed E-state index contributed by atoms with van der Waals surface area (Å²) in [5, 5.41) is 0. The van der Waals surface area contributed by atoms with E-state index >= 15 is 0 Å². The monoisotopic (exact) mass is 401 g/mol. The summed E-state index contributed by atoms with van der Waals surface area (Å²) in [4.78, 5) is 26.1. The maximum Gasteiger partial charge on any atom is 0.306 e. The fourth-order valence-corrected chi connectivity index (χ4v) is 2.93. The molecule has 0 atom stereocenters. The topological polar surface area (TPSA) is 74.3 Å². The Labute approximate surface area is 171 Å². The zero-order valence-corrected chi connectivity index (χ0v) is 17.3. The van der Waals surface area contributed by atoms with Crippen molar-refractivity contribution in [1.82, 2.24) is 0 Å². The van der Waals surface area contributed by atoms with Gasteiger partial charge in [0.05, 0.1) is 21.3 Å². The lowest BCUT2D eigenvalue weighted by molar-refractivity contribution is -0.147. The molecule has 0 unspecified atom stereocenters. The molecule has 0 aliphatic carbocycles. The Morgan fingerprint density at radius 3 is 2.07 bits per heavy atom. The molecule has 0 aliphatic rings. The standard InChI is InChI=1S/C22H27NO6/c1-5-23(17-9-7-6-8-10-17)20(24)15-29-21(25)12-11-16-13-18(26-2)22(28-4)19(14-16)27-3/h6-10,13-14H,5,11-12,15H2,1-4H3. The molecule has 156 valence electrons. The number of hydrogen-bond donors (Lipinski definition) is 0. The normalized spacial score (nSPS) is 10.2. The van der Waals surface area contributed by atoms with Crippen LogP contribution >= 0.6 is 0 Å². The summed E-state index contributed by atoms with van der Waals surface area (Å²) < 4.78 is 21.1. The third-order valence-corrected chi connectivity index (χ3v) is 4.38. The van der Waals surface area contributed by atoms with Gasteiger partial charge in [0.15, 0.2) is 18.1 Å². The molecule has 7 heteroatoms. The van der Waals surface area contributed by atoms with Gasteiger partial charge in [0.2, 0.25) is 5.75 Å². The lowest BCUT2D eigenvalue weighted by Gasteiger charge is -2.20. The van der Waals surface area contributed by atoms with Crippen molar-refractivity contribution in [3.63, 3.8) is 0 Å². The van der Waals surface area contributed by atoms with E-state index in [1.54, 1.807) is 17.0 Å². The number of methoxy groups -OCH3 is 3. The first-order chi connectivity index (χ1) is 14.0. The van der Waals surface area contributed by atoms with E-state index in [0.717, 1.165) is 11.3 Å². The Balaban J connectivity index is 1.92. The van der Waals surface area contributed by atoms with E-state index in [-0.39, 0.29) is 18.9 Å². The number of nitrogens with zero attached hydrogens (tertiary/aromatic N) is 1. The van der Waals surface area contributed by atoms with Crippen LogP contribution in [0.3, 0.4) is 0 Å². The van der Waals surface area contributed by atoms with Crippen LogP contribution in [-0.4, -0.2) is 46.4 Å². The van der Waals surface area contributed by atoms with E-state index in [4.69, 9.17) is 18.9 Å². The van der Waals surface area contributed by atoms with Gasteiger partial charge >= 0.3 is 5.97 Å². The maximum absolute atomic E-state index is 12.4. The van der Waals surface area contributed by atoms with Crippen LogP contribution in [0.15, 0.2) is 42.5 Å². The molecule has 1 amide bonds. The van der Waals surface area contributed by atoms with Crippen LogP contribution in [0, 0.1) is 0 Å². The predicted octanol–water partition coefficient (Wildman–Crippen LogP) is 3.24. The SMILES string of the molecule is CCN(C(=O)COC(=O)CCc1cc(OC)c(OC)c(OC)c1)c1ccccc1. The number of benzene rings is 2. The van der Waals surface area contributed by atoms with Crippen LogP contribution in [-0.2, 0) is 20.7 Å². The van der Waals surface area contributed by atoms with Crippen molar-refractivity contribution in [3.8, 4) is 17.2 Å². The second-order valence-electron chi connectivity index (χ2n) is 6.17. The number of para-hydroxylation sites is 1. The summed E-state index contributed by atoms with van der Waals surface area (Å²) in [6.07, 6.45) is 0.545. The van der Waals surface area contributed by atoms with Gasteiger partial charge in [0.1, 0.15) is 0 Å². The van der Waals surface area contributed by atoms with Crippen molar-refractivity contribution in [2.75, 3.05) is 39.4 Å². The average molecular weight is 401 g/mol. The molecule has 0 bridgehead atoms. The van der Waals surface area contributed by atoms with E-state index in [9.17, 15) is 9.59 Å². The third-order valence-electron chi connectivity index (χ3n) is 4.38. The molecule has 2 aromatic rings. The van der Waals surface area contributed by atoms with Crippen molar-refractivity contribution in [1.29, 1.82) is 0 Å². The Hall–Kier alpha value is -3.22. The highest BCUT2D eigenvalue weighted by molar-refractivity contribution is 5.95. The molecular formula is C22H27NO6. The molecule has 0 spiro atoms. The molecule has 2 aromatic carbocycles. The van der Waals surface area contributed by atoms with Gasteiger partial charge in [0.25, 0.3) is 5.91 Å². The number of likely N-dealkylation sites (N-methyl/N-ethyl adjacent to an activating group) is 1. The summed E-state index contributed by atoms with van der Waals surface area (Å²) in [6.45, 7) is 2.07. The van der Waals surface area contributed by atoms with Gasteiger partial charge in [-0.25, -0.2) is 0 Å². The molecule has 0 saturated heterocycles. The third kappa shape index (κ3) is 5.88. The molecule has 0 N–H and O–H groups in total. The molecular weight excluding hydrogens is 374 g/mol. The highest BCUT2D eigenvalue weighted by Crippen LogP contribution is 2.38. The summed E-state index contributed by atoms with van der Waals surface area (Å²) in [6, 6.07) is 12.8. The number of anilines is 1. The fraction of sp³-hybridized carbons (Fsp3) is 0.364. The number of aryl methyl sites for hydroxylation is 1. The Morgan fingerprint density at radius 1 is 0.931 bits per heavy atom. The number of amides is 1. The van der Waals surface area contributed by atoms with Crippen LogP contribution in [0.1, 0.15) is 18.9 Å². The minimum atomic E-state index is -0.448. The first kappa shape index (κ1) is 22.1. The summed E-state index contributed by atoms with van der Waals surface area (Å²) in [7, 11) is 4.60. The van der Waals surface area contributed by atoms with Crippen LogP contribution < -0.4 is 19.1 Å². The maximum atomic E-state index is 12.4. The van der Waals surface area contributed by atoms with E-state index in [1.165, 1.54) is 21.3 Å². The first-order valence-electron chi connectivity index (χ1n) is 9.33. The average Bonchev–Trinajstić information content (AvgIpc) is 2.76. The first-order valence-corrected chi connectivity index (χ1v) is 9.33. The second-order valence-corrected chi connectivity index (χ2v) is 6.17. The summed E-state index contributed by atoms with van der Waals surface area (Å²) in [5.74, 6) is 0.822. The van der Waals surface area contributed by atoms with Gasteiger partial charge in [-0.3, -0.25) is 9.59 Å². The van der Waals surface area contributed by atoms with E-state index in [2.05, 4.69) is 0 Å². The molecule has 0 radical (unpaired) electrons. The van der Waals surface area contributed by atoms with Crippen molar-refractivity contribution in [2.45, 2.75) is 19.8 Å². The van der Waals surface area contributed by atoms with E-state index in [1.807, 2.05) is 37.3 Å². The van der Waals surface area contributed by atoms with Crippen LogP contribution in [0.2, 0.25) is 0 Å². The minimum Gasteiger partial charge on any atom is -0.493 e. The number of carbonyl (C=O) groups excluding carboxylic acids is 2. The van der Waals surface area contributed by atoms with E-state index < -0.39 is 5.97 Å². The Kier molecular flexibility index (Phi) is 8.33. The lowest BCUT2D eigenvalue weighted by Crippen LogP contribution is -2.34. The van der Waals surface area contributed by atoms with E-state index in [0.29, 0.717) is 30.2 Å². The van der Waals surface area contributed by atoms with Gasteiger partial charge in [-0.05, 0) is 43.2 Å². The van der Waals surface area contributed by atoms with Crippen LogP contribution in [0.4, 0.5) is 5.69 Å². The van der Waals surface area contributed by atoms with Gasteiger partial charge < -0.3 is 23.8 Å². The highest BCUT2D eigenvalue weighted by Gasteiger charge is 2.17. The molecule has 29 heavy (non-hydrogen) atoms. The minimum absolute atomic E-state index is 0.128. The van der Waals surface area contributed by atoms with Gasteiger partial charge in [0, 0.05) is 18.7 Å². The van der Waals surface area contributed by atoms with Gasteiger partial charge in [-0.2, -0.15) is 0 Å². The molecule has 0 saturated carbocycles. The summed E-state index contributed by atoms with van der Waals surface area (Å²) in [5.41, 5.74) is 1.61. The second kappa shape index (κ2) is 10.9. The predicted molar refractivity (Wildman–Crippen MR) is 110 cm³/mol. The molecule has 0 heterocycles. The van der Waals surface area contributed by atoms with Crippen molar-refractivity contribution >= 4 is 17.6 Å². The Morgan fingerprint density at radius 2 is 1.55 bits per heavy atom. The highest BCUT2D eigenvalue weighted by atomic mass is 16.5. The van der Waals surface area contributed by atoms with Gasteiger partial charge in [-0.15, -0.1) is 0 Å². The smallest absolute Gasteiger partial charge is 0.306 e. The Bertz CT molecular complexity index is 796. The lowest BCUT2D eigenvalue weighted by atomic mass is 10.1. The van der Waals surface area contributed by atoms with Crippen LogP contribution in [0.25, 0.3) is 0 Å². The quantitative estimate of drug-likeness (QED) is 0.569. The number of carbonyl (C=O) groups is 2. The number of hydrogen-bond acceptors (Lipinski definition) is 6. The van der Waals surface area contributed by atoms with Crippen LogP contribution in [0.5, 0.6) is 17.2 Å². The number of ether oxygens (including phenoxy) is 4. The largest absolute Gasteiger partial charge is 0.493 e.